The Bertz CT molecular complexity index is 4260. The Morgan fingerprint density at radius 2 is 1.02 bits per heavy atom. The third-order valence-electron chi connectivity index (χ3n) is 13.0. The first-order chi connectivity index (χ1) is 32.2. The molecule has 0 aliphatic carbocycles. The Labute approximate surface area is 376 Å². The number of rotatable bonds is 5. The molecule has 0 fully saturated rings. The molecular formula is C59H34N4OS. The Morgan fingerprint density at radius 3 is 1.88 bits per heavy atom. The number of hydrogen-bond acceptors (Lipinski definition) is 5. The summed E-state index contributed by atoms with van der Waals surface area (Å²) >= 11 is 1.79. The zero-order chi connectivity index (χ0) is 42.6. The smallest absolute Gasteiger partial charge is 0.170 e. The van der Waals surface area contributed by atoms with Crippen LogP contribution in [0.25, 0.3) is 136 Å². The fourth-order valence-electron chi connectivity index (χ4n) is 9.99. The van der Waals surface area contributed by atoms with Crippen molar-refractivity contribution in [1.29, 1.82) is 0 Å². The Morgan fingerprint density at radius 1 is 0.369 bits per heavy atom. The summed E-state index contributed by atoms with van der Waals surface area (Å²) in [7, 11) is 0. The quantitative estimate of drug-likeness (QED) is 0.173. The van der Waals surface area contributed by atoms with Crippen molar-refractivity contribution in [3.8, 4) is 51.0 Å². The molecule has 0 aliphatic heterocycles. The van der Waals surface area contributed by atoms with Crippen molar-refractivity contribution >= 4 is 96.8 Å². The largest absolute Gasteiger partial charge is 0.455 e. The molecule has 0 atom stereocenters. The summed E-state index contributed by atoms with van der Waals surface area (Å²) in [6.45, 7) is 0. The number of nitrogens with zero attached hydrogens (tertiary/aromatic N) is 4. The maximum Gasteiger partial charge on any atom is 0.170 e. The Balaban J connectivity index is 1.10. The highest BCUT2D eigenvalue weighted by atomic mass is 32.1. The lowest BCUT2D eigenvalue weighted by Gasteiger charge is -2.16. The minimum atomic E-state index is 0.530. The molecule has 0 saturated carbocycles. The molecule has 302 valence electrons. The number of thiophene rings is 1. The van der Waals surface area contributed by atoms with Gasteiger partial charge in [0, 0.05) is 52.8 Å². The zero-order valence-corrected chi connectivity index (χ0v) is 35.6. The van der Waals surface area contributed by atoms with Crippen LogP contribution in [-0.2, 0) is 0 Å². The van der Waals surface area contributed by atoms with Gasteiger partial charge >= 0.3 is 0 Å². The van der Waals surface area contributed by atoms with Crippen molar-refractivity contribution in [1.82, 2.24) is 19.5 Å². The van der Waals surface area contributed by atoms with E-state index in [2.05, 4.69) is 193 Å². The summed E-state index contributed by atoms with van der Waals surface area (Å²) in [5.74, 6) is 1.70. The molecule has 4 heterocycles. The van der Waals surface area contributed by atoms with Crippen LogP contribution in [0.15, 0.2) is 211 Å². The summed E-state index contributed by atoms with van der Waals surface area (Å²) in [5, 5.41) is 11.6. The van der Waals surface area contributed by atoms with Crippen molar-refractivity contribution in [2.24, 2.45) is 0 Å². The maximum absolute atomic E-state index is 6.99. The van der Waals surface area contributed by atoms with Gasteiger partial charge in [0.05, 0.1) is 22.3 Å². The summed E-state index contributed by atoms with van der Waals surface area (Å²) < 4.78 is 11.8. The van der Waals surface area contributed by atoms with Gasteiger partial charge in [-0.25, -0.2) is 15.0 Å². The summed E-state index contributed by atoms with van der Waals surface area (Å²) in [4.78, 5) is 16.3. The van der Waals surface area contributed by atoms with Crippen LogP contribution in [0.2, 0.25) is 0 Å². The minimum Gasteiger partial charge on any atom is -0.455 e. The molecule has 0 saturated heterocycles. The van der Waals surface area contributed by atoms with Gasteiger partial charge in [-0.2, -0.15) is 0 Å². The molecule has 0 unspecified atom stereocenters. The molecule has 6 heteroatoms. The molecule has 14 rings (SSSR count). The van der Waals surface area contributed by atoms with E-state index in [-0.39, 0.29) is 0 Å². The zero-order valence-electron chi connectivity index (χ0n) is 34.7. The molecule has 5 nitrogen and oxygen atoms in total. The Kier molecular flexibility index (Phi) is 7.79. The number of hydrogen-bond donors (Lipinski definition) is 0. The van der Waals surface area contributed by atoms with Crippen LogP contribution in [0.4, 0.5) is 0 Å². The molecule has 0 radical (unpaired) electrons. The molecule has 0 aliphatic rings. The van der Waals surface area contributed by atoms with Crippen LogP contribution < -0.4 is 0 Å². The van der Waals surface area contributed by atoms with Gasteiger partial charge in [0.25, 0.3) is 0 Å². The number of para-hydroxylation sites is 1. The molecular weight excluding hydrogens is 813 g/mol. The van der Waals surface area contributed by atoms with Crippen LogP contribution in [0.1, 0.15) is 0 Å². The van der Waals surface area contributed by atoms with Crippen LogP contribution in [-0.4, -0.2) is 19.5 Å². The van der Waals surface area contributed by atoms with Crippen LogP contribution in [0.3, 0.4) is 0 Å². The highest BCUT2D eigenvalue weighted by molar-refractivity contribution is 7.25. The first-order valence-corrected chi connectivity index (χ1v) is 22.7. The van der Waals surface area contributed by atoms with Crippen molar-refractivity contribution in [3.05, 3.63) is 206 Å². The average Bonchev–Trinajstić information content (AvgIpc) is 4.04. The summed E-state index contributed by atoms with van der Waals surface area (Å²) in [5.41, 5.74) is 9.45. The lowest BCUT2D eigenvalue weighted by atomic mass is 10.0. The molecule has 4 aromatic heterocycles. The normalized spacial score (nSPS) is 12.0. The topological polar surface area (TPSA) is 56.7 Å². The van der Waals surface area contributed by atoms with E-state index in [4.69, 9.17) is 19.4 Å². The van der Waals surface area contributed by atoms with Crippen molar-refractivity contribution in [2.45, 2.75) is 0 Å². The van der Waals surface area contributed by atoms with Crippen molar-refractivity contribution < 1.29 is 4.42 Å². The second-order valence-corrected chi connectivity index (χ2v) is 17.8. The Hall–Kier alpha value is -8.45. The first kappa shape index (κ1) is 36.1. The predicted octanol–water partition coefficient (Wildman–Crippen LogP) is 16.2. The molecule has 0 amide bonds. The second-order valence-electron chi connectivity index (χ2n) is 16.7. The molecule has 14 aromatic rings. The van der Waals surface area contributed by atoms with E-state index >= 15 is 0 Å². The van der Waals surface area contributed by atoms with Gasteiger partial charge in [-0.3, -0.25) is 0 Å². The van der Waals surface area contributed by atoms with Gasteiger partial charge in [-0.15, -0.1) is 11.3 Å². The van der Waals surface area contributed by atoms with E-state index < -0.39 is 0 Å². The molecule has 10 aromatic carbocycles. The SMILES string of the molecule is c1ccc(-c2cccc(-c3nc(-c4ccc5c(c4)sc4ccccc45)nc(-c4c(-n5c6cc7ccccc7cc6c6c7ccccc7ccc65)ccc5c4oc4ccccc45)n3)c2)cc1. The number of furan rings is 1. The average molecular weight is 847 g/mol. The van der Waals surface area contributed by atoms with Crippen LogP contribution in [0, 0.1) is 0 Å². The monoisotopic (exact) mass is 846 g/mol. The maximum atomic E-state index is 6.99. The molecule has 65 heavy (non-hydrogen) atoms. The minimum absolute atomic E-state index is 0.530. The fourth-order valence-corrected chi connectivity index (χ4v) is 11.1. The number of aromatic nitrogens is 4. The van der Waals surface area contributed by atoms with E-state index in [1.165, 1.54) is 52.5 Å². The van der Waals surface area contributed by atoms with Gasteiger partial charge in [0.15, 0.2) is 17.5 Å². The third-order valence-corrected chi connectivity index (χ3v) is 14.1. The lowest BCUT2D eigenvalue weighted by Crippen LogP contribution is -2.04. The predicted molar refractivity (Wildman–Crippen MR) is 271 cm³/mol. The fraction of sp³-hybridized carbons (Fsp3) is 0. The van der Waals surface area contributed by atoms with E-state index in [0.717, 1.165) is 66.5 Å². The van der Waals surface area contributed by atoms with Gasteiger partial charge in [0.1, 0.15) is 11.2 Å². The van der Waals surface area contributed by atoms with E-state index in [9.17, 15) is 0 Å². The van der Waals surface area contributed by atoms with Gasteiger partial charge in [-0.1, -0.05) is 152 Å². The van der Waals surface area contributed by atoms with Crippen LogP contribution in [0.5, 0.6) is 0 Å². The van der Waals surface area contributed by atoms with E-state index in [0.29, 0.717) is 17.5 Å². The van der Waals surface area contributed by atoms with Crippen molar-refractivity contribution in [2.75, 3.05) is 0 Å². The molecule has 0 bridgehead atoms. The number of fused-ring (bicyclic) bond motifs is 12. The number of benzene rings is 10. The lowest BCUT2D eigenvalue weighted by molar-refractivity contribution is 0.669. The summed E-state index contributed by atoms with van der Waals surface area (Å²) in [6.07, 6.45) is 0. The third kappa shape index (κ3) is 5.61. The van der Waals surface area contributed by atoms with Crippen LogP contribution >= 0.6 is 11.3 Å². The summed E-state index contributed by atoms with van der Waals surface area (Å²) in [6, 6.07) is 73.3. The molecule has 0 spiro atoms. The highest BCUT2D eigenvalue weighted by Crippen LogP contribution is 2.45. The van der Waals surface area contributed by atoms with Crippen molar-refractivity contribution in [3.63, 3.8) is 0 Å². The van der Waals surface area contributed by atoms with Gasteiger partial charge in [-0.05, 0) is 87.3 Å². The first-order valence-electron chi connectivity index (χ1n) is 21.8. The molecule has 0 N–H and O–H groups in total. The standard InChI is InChI=1S/C59H34N4OS/c1-2-13-35(14-3-1)37-18-12-19-40(31-37)57-60-58(41-25-27-45-44-22-9-11-24-52(44)65-53(45)34-41)62-59(61-57)55-49(30-28-46-43-21-8-10-23-51(43)64-56(46)55)63-48-29-26-36-15-6-7-20-42(36)54(48)47-32-38-16-4-5-17-39(38)33-50(47)63/h1-34H. The van der Waals surface area contributed by atoms with E-state index in [1.54, 1.807) is 11.3 Å². The van der Waals surface area contributed by atoms with Gasteiger partial charge < -0.3 is 8.98 Å². The highest BCUT2D eigenvalue weighted by Gasteiger charge is 2.26. The van der Waals surface area contributed by atoms with Gasteiger partial charge in [0.2, 0.25) is 0 Å². The van der Waals surface area contributed by atoms with E-state index in [1.807, 2.05) is 18.2 Å². The second kappa shape index (κ2) is 14.0.